The Hall–Kier alpha value is -4.10. The topological polar surface area (TPSA) is 109 Å². The molecule has 1 aromatic carbocycles. The lowest BCUT2D eigenvalue weighted by Gasteiger charge is -2.11. The molecule has 4 heterocycles. The summed E-state index contributed by atoms with van der Waals surface area (Å²) in [7, 11) is 0. The highest BCUT2D eigenvalue weighted by Crippen LogP contribution is 2.31. The van der Waals surface area contributed by atoms with Gasteiger partial charge in [-0.2, -0.15) is 0 Å². The molecule has 4 N–H and O–H groups in total. The maximum absolute atomic E-state index is 6.18. The maximum Gasteiger partial charge on any atom is 0.165 e. The van der Waals surface area contributed by atoms with Crippen molar-refractivity contribution in [2.24, 2.45) is 5.73 Å². The second-order valence-electron chi connectivity index (χ2n) is 6.85. The first-order valence-corrected chi connectivity index (χ1v) is 9.55. The minimum Gasteiger partial charge on any atom is -0.383 e. The first kappa shape index (κ1) is 18.0. The van der Waals surface area contributed by atoms with Crippen molar-refractivity contribution >= 4 is 17.0 Å². The van der Waals surface area contributed by atoms with E-state index in [0.717, 1.165) is 39.2 Å². The van der Waals surface area contributed by atoms with Crippen LogP contribution in [0.5, 0.6) is 0 Å². The van der Waals surface area contributed by atoms with Gasteiger partial charge in [0.2, 0.25) is 0 Å². The molecule has 0 aliphatic rings. The molecule has 0 atom stereocenters. The van der Waals surface area contributed by atoms with Crippen molar-refractivity contribution < 1.29 is 0 Å². The first-order chi connectivity index (χ1) is 14.7. The van der Waals surface area contributed by atoms with Crippen molar-refractivity contribution in [3.8, 4) is 28.3 Å². The zero-order valence-corrected chi connectivity index (χ0v) is 16.1. The molecule has 30 heavy (non-hydrogen) atoms. The van der Waals surface area contributed by atoms with E-state index in [9.17, 15) is 0 Å². The van der Waals surface area contributed by atoms with Gasteiger partial charge in [0.25, 0.3) is 0 Å². The van der Waals surface area contributed by atoms with Crippen LogP contribution in [0, 0.1) is 0 Å². The number of hydrogen-bond donors (Lipinski definition) is 2. The maximum atomic E-state index is 6.18. The lowest BCUT2D eigenvalue weighted by molar-refractivity contribution is 1.05. The summed E-state index contributed by atoms with van der Waals surface area (Å²) in [6.07, 6.45) is 5.18. The van der Waals surface area contributed by atoms with E-state index in [4.69, 9.17) is 21.4 Å². The van der Waals surface area contributed by atoms with Gasteiger partial charge < -0.3 is 11.5 Å². The van der Waals surface area contributed by atoms with E-state index in [2.05, 4.69) is 9.97 Å². The third kappa shape index (κ3) is 3.07. The average molecular weight is 393 g/mol. The first-order valence-electron chi connectivity index (χ1n) is 9.55. The Morgan fingerprint density at radius 2 is 1.63 bits per heavy atom. The highest BCUT2D eigenvalue weighted by Gasteiger charge is 2.18. The van der Waals surface area contributed by atoms with Crippen LogP contribution in [0.25, 0.3) is 39.5 Å². The fourth-order valence-electron chi connectivity index (χ4n) is 3.45. The minimum absolute atomic E-state index is 0.419. The summed E-state index contributed by atoms with van der Waals surface area (Å²) in [5, 5.41) is 0. The number of benzene rings is 1. The number of nitrogen functional groups attached to an aromatic ring is 1. The van der Waals surface area contributed by atoms with E-state index in [0.29, 0.717) is 18.2 Å². The molecule has 5 aromatic rings. The second kappa shape index (κ2) is 7.38. The van der Waals surface area contributed by atoms with E-state index in [-0.39, 0.29) is 0 Å². The van der Waals surface area contributed by atoms with Gasteiger partial charge >= 0.3 is 0 Å². The standard InChI is InChI=1S/C23H19N7/c24-14-15-3-5-17(6-4-15)30-22(18-2-1-11-27-21(18)25)29-20-8-7-19(28-23(20)30)16-9-12-26-13-10-16/h1-13H,14,24H2,(H2,25,27). The van der Waals surface area contributed by atoms with Gasteiger partial charge in [-0.25, -0.2) is 15.0 Å². The Labute approximate surface area is 173 Å². The van der Waals surface area contributed by atoms with Crippen molar-refractivity contribution in [3.05, 3.63) is 84.8 Å². The summed E-state index contributed by atoms with van der Waals surface area (Å²) in [4.78, 5) is 18.1. The smallest absolute Gasteiger partial charge is 0.165 e. The average Bonchev–Trinajstić information content (AvgIpc) is 3.18. The van der Waals surface area contributed by atoms with Gasteiger partial charge in [-0.05, 0) is 54.1 Å². The molecule has 0 unspecified atom stereocenters. The second-order valence-corrected chi connectivity index (χ2v) is 6.85. The lowest BCUT2D eigenvalue weighted by Crippen LogP contribution is -2.03. The summed E-state index contributed by atoms with van der Waals surface area (Å²) in [6, 6.07) is 19.6. The van der Waals surface area contributed by atoms with Gasteiger partial charge in [-0.3, -0.25) is 9.55 Å². The zero-order chi connectivity index (χ0) is 20.5. The van der Waals surface area contributed by atoms with Gasteiger partial charge in [0.05, 0.1) is 11.3 Å². The summed E-state index contributed by atoms with van der Waals surface area (Å²) in [6.45, 7) is 0.484. The Morgan fingerprint density at radius 3 is 2.37 bits per heavy atom. The third-order valence-electron chi connectivity index (χ3n) is 4.99. The molecular formula is C23H19N7. The number of imidazole rings is 1. The van der Waals surface area contributed by atoms with Crippen molar-refractivity contribution in [1.82, 2.24) is 24.5 Å². The molecule has 4 aromatic heterocycles. The van der Waals surface area contributed by atoms with Gasteiger partial charge in [-0.1, -0.05) is 12.1 Å². The lowest BCUT2D eigenvalue weighted by atomic mass is 10.2. The van der Waals surface area contributed by atoms with Crippen LogP contribution in [0.3, 0.4) is 0 Å². The largest absolute Gasteiger partial charge is 0.383 e. The summed E-state index contributed by atoms with van der Waals surface area (Å²) >= 11 is 0. The van der Waals surface area contributed by atoms with Crippen LogP contribution in [-0.4, -0.2) is 24.5 Å². The fraction of sp³-hybridized carbons (Fsp3) is 0.0435. The number of pyridine rings is 3. The third-order valence-corrected chi connectivity index (χ3v) is 4.99. The van der Waals surface area contributed by atoms with Crippen LogP contribution >= 0.6 is 0 Å². The Balaban J connectivity index is 1.79. The van der Waals surface area contributed by atoms with Crippen LogP contribution in [0.4, 0.5) is 5.82 Å². The van der Waals surface area contributed by atoms with E-state index < -0.39 is 0 Å². The molecule has 0 saturated carbocycles. The van der Waals surface area contributed by atoms with Gasteiger partial charge in [0.15, 0.2) is 11.5 Å². The molecule has 0 amide bonds. The van der Waals surface area contributed by atoms with Gasteiger partial charge in [0.1, 0.15) is 11.3 Å². The van der Waals surface area contributed by atoms with E-state index in [1.54, 1.807) is 18.6 Å². The molecule has 7 heteroatoms. The molecule has 0 radical (unpaired) electrons. The van der Waals surface area contributed by atoms with Crippen LogP contribution in [0.2, 0.25) is 0 Å². The normalized spacial score (nSPS) is 11.1. The van der Waals surface area contributed by atoms with Crippen LogP contribution in [-0.2, 0) is 6.54 Å². The van der Waals surface area contributed by atoms with E-state index >= 15 is 0 Å². The Kier molecular flexibility index (Phi) is 4.42. The molecule has 0 saturated heterocycles. The summed E-state index contributed by atoms with van der Waals surface area (Å²) in [5.41, 5.74) is 18.0. The predicted molar refractivity (Wildman–Crippen MR) is 118 cm³/mol. The molecule has 0 bridgehead atoms. The highest BCUT2D eigenvalue weighted by atomic mass is 15.1. The highest BCUT2D eigenvalue weighted by molar-refractivity contribution is 5.84. The minimum atomic E-state index is 0.419. The Morgan fingerprint density at radius 1 is 0.833 bits per heavy atom. The number of fused-ring (bicyclic) bond motifs is 1. The van der Waals surface area contributed by atoms with Crippen molar-refractivity contribution in [1.29, 1.82) is 0 Å². The van der Waals surface area contributed by atoms with Crippen LogP contribution < -0.4 is 11.5 Å². The van der Waals surface area contributed by atoms with Gasteiger partial charge in [0, 0.05) is 36.4 Å². The zero-order valence-electron chi connectivity index (χ0n) is 16.1. The number of nitrogens with two attached hydrogens (primary N) is 2. The molecule has 5 rings (SSSR count). The number of anilines is 1. The molecule has 146 valence electrons. The van der Waals surface area contributed by atoms with Crippen molar-refractivity contribution in [2.45, 2.75) is 6.54 Å². The SMILES string of the molecule is NCc1ccc(-n2c(-c3cccnc3N)nc3ccc(-c4ccncc4)nc32)cc1. The number of nitrogens with zero attached hydrogens (tertiary/aromatic N) is 5. The summed E-state index contributed by atoms with van der Waals surface area (Å²) < 4.78 is 2.01. The van der Waals surface area contributed by atoms with Crippen LogP contribution in [0.1, 0.15) is 5.56 Å². The molecule has 0 fully saturated rings. The molecule has 7 nitrogen and oxygen atoms in total. The molecule has 0 aliphatic heterocycles. The quantitative estimate of drug-likeness (QED) is 0.483. The fourth-order valence-corrected chi connectivity index (χ4v) is 3.45. The monoisotopic (exact) mass is 393 g/mol. The Bertz CT molecular complexity index is 1330. The van der Waals surface area contributed by atoms with Crippen LogP contribution in [0.15, 0.2) is 79.3 Å². The molecular weight excluding hydrogens is 374 g/mol. The van der Waals surface area contributed by atoms with Crippen molar-refractivity contribution in [3.63, 3.8) is 0 Å². The number of aromatic nitrogens is 5. The van der Waals surface area contributed by atoms with Crippen molar-refractivity contribution in [2.75, 3.05) is 5.73 Å². The molecule has 0 spiro atoms. The van der Waals surface area contributed by atoms with Gasteiger partial charge in [-0.15, -0.1) is 0 Å². The number of hydrogen-bond acceptors (Lipinski definition) is 6. The predicted octanol–water partition coefficient (Wildman–Crippen LogP) is 3.59. The van der Waals surface area contributed by atoms with E-state index in [1.165, 1.54) is 0 Å². The number of rotatable bonds is 4. The molecule has 0 aliphatic carbocycles. The summed E-state index contributed by atoms with van der Waals surface area (Å²) in [5.74, 6) is 1.11. The van der Waals surface area contributed by atoms with E-state index in [1.807, 2.05) is 65.2 Å².